The van der Waals surface area contributed by atoms with Gasteiger partial charge in [0.1, 0.15) is 5.78 Å². The van der Waals surface area contributed by atoms with E-state index in [0.29, 0.717) is 61.2 Å². The predicted molar refractivity (Wildman–Crippen MR) is 133 cm³/mol. The number of aromatic hydroxyl groups is 1. The number of phenols is 1. The van der Waals surface area contributed by atoms with Gasteiger partial charge in [0.25, 0.3) is 0 Å². The van der Waals surface area contributed by atoms with Crippen molar-refractivity contribution in [3.05, 3.63) is 44.2 Å². The molecule has 3 unspecified atom stereocenters. The first kappa shape index (κ1) is 24.8. The van der Waals surface area contributed by atoms with Gasteiger partial charge in [0, 0.05) is 35.4 Å². The minimum absolute atomic E-state index is 0.0783. The number of benzene rings is 1. The fourth-order valence-electron chi connectivity index (χ4n) is 7.24. The van der Waals surface area contributed by atoms with Crippen LogP contribution in [0.3, 0.4) is 0 Å². The lowest BCUT2D eigenvalue weighted by Crippen LogP contribution is -2.44. The lowest BCUT2D eigenvalue weighted by atomic mass is 9.54. The number of nitro groups is 1. The van der Waals surface area contributed by atoms with Gasteiger partial charge in [-0.25, -0.2) is 9.37 Å². The Hall–Kier alpha value is -2.88. The molecule has 2 N–H and O–H groups in total. The molecule has 5 rings (SSSR count). The molecule has 2 aromatic rings. The second kappa shape index (κ2) is 9.21. The zero-order valence-corrected chi connectivity index (χ0v) is 21.2. The number of fused-ring (bicyclic) bond motifs is 5. The van der Waals surface area contributed by atoms with Crippen LogP contribution < -0.4 is 5.32 Å². The van der Waals surface area contributed by atoms with Crippen LogP contribution in [0.15, 0.2) is 12.3 Å². The fourth-order valence-corrected chi connectivity index (χ4v) is 7.92. The number of carbonyl (C=O) groups is 2. The molecule has 1 aromatic heterocycles. The Morgan fingerprint density at radius 2 is 2.19 bits per heavy atom. The maximum atomic E-state index is 14.9. The molecular weight excluding hydrogens is 485 g/mol. The van der Waals surface area contributed by atoms with Gasteiger partial charge in [-0.15, -0.1) is 11.3 Å². The van der Waals surface area contributed by atoms with Gasteiger partial charge >= 0.3 is 5.69 Å². The van der Waals surface area contributed by atoms with Crippen LogP contribution in [0.1, 0.15) is 73.8 Å². The number of phenolic OH excluding ortho intramolecular Hbond substituents is 1. The fraction of sp³-hybridized carbons (Fsp3) is 0.577. The Balaban J connectivity index is 1.34. The number of carbonyl (C=O) groups excluding carboxylic acids is 2. The summed E-state index contributed by atoms with van der Waals surface area (Å²) < 4.78 is 14.9. The van der Waals surface area contributed by atoms with E-state index in [-0.39, 0.29) is 35.4 Å². The van der Waals surface area contributed by atoms with Crippen molar-refractivity contribution in [1.82, 2.24) is 4.98 Å². The van der Waals surface area contributed by atoms with Crippen molar-refractivity contribution in [1.29, 1.82) is 0 Å². The third-order valence-electron chi connectivity index (χ3n) is 8.81. The molecule has 5 atom stereocenters. The largest absolute Gasteiger partial charge is 0.500 e. The third kappa shape index (κ3) is 4.09. The molecule has 0 radical (unpaired) electrons. The number of thiazole rings is 1. The molecule has 1 aromatic carbocycles. The average Bonchev–Trinajstić information content (AvgIpc) is 3.35. The molecule has 0 aliphatic heterocycles. The van der Waals surface area contributed by atoms with Crippen LogP contribution in [0.4, 0.5) is 15.2 Å². The first-order chi connectivity index (χ1) is 17.1. The van der Waals surface area contributed by atoms with E-state index >= 15 is 0 Å². The highest BCUT2D eigenvalue weighted by Crippen LogP contribution is 2.62. The first-order valence-corrected chi connectivity index (χ1v) is 13.4. The molecule has 0 bridgehead atoms. The Morgan fingerprint density at radius 1 is 1.42 bits per heavy atom. The van der Waals surface area contributed by atoms with Gasteiger partial charge in [-0.2, -0.15) is 0 Å². The Kier molecular flexibility index (Phi) is 6.34. The molecule has 0 spiro atoms. The first-order valence-electron chi connectivity index (χ1n) is 12.5. The van der Waals surface area contributed by atoms with Gasteiger partial charge in [-0.05, 0) is 80.2 Å². The summed E-state index contributed by atoms with van der Waals surface area (Å²) in [6, 6.07) is 1.35. The van der Waals surface area contributed by atoms with Crippen LogP contribution in [-0.2, 0) is 16.0 Å². The number of rotatable bonds is 6. The van der Waals surface area contributed by atoms with E-state index in [2.05, 4.69) is 10.3 Å². The zero-order valence-electron chi connectivity index (χ0n) is 20.4. The van der Waals surface area contributed by atoms with Crippen LogP contribution in [0.5, 0.6) is 5.75 Å². The minimum Gasteiger partial charge on any atom is -0.500 e. The summed E-state index contributed by atoms with van der Waals surface area (Å²) in [5.74, 6) is -1.35. The van der Waals surface area contributed by atoms with Crippen molar-refractivity contribution in [2.24, 2.45) is 23.2 Å². The van der Waals surface area contributed by atoms with E-state index in [0.717, 1.165) is 11.3 Å². The van der Waals surface area contributed by atoms with Gasteiger partial charge in [0.2, 0.25) is 11.7 Å². The van der Waals surface area contributed by atoms with Crippen molar-refractivity contribution < 1.29 is 24.0 Å². The lowest BCUT2D eigenvalue weighted by molar-refractivity contribution is -0.386. The number of halogens is 1. The summed E-state index contributed by atoms with van der Waals surface area (Å²) in [5.41, 5.74) is -0.0593. The van der Waals surface area contributed by atoms with Crippen LogP contribution >= 0.6 is 11.3 Å². The molecule has 36 heavy (non-hydrogen) atoms. The van der Waals surface area contributed by atoms with Crippen LogP contribution in [-0.4, -0.2) is 26.7 Å². The topological polar surface area (TPSA) is 122 Å². The number of anilines is 1. The number of aryl methyl sites for hydroxylation is 1. The van der Waals surface area contributed by atoms with E-state index in [4.69, 9.17) is 0 Å². The number of hydrogen-bond acceptors (Lipinski definition) is 7. The van der Waals surface area contributed by atoms with Crippen LogP contribution in [0.2, 0.25) is 0 Å². The highest BCUT2D eigenvalue weighted by Gasteiger charge is 2.58. The van der Waals surface area contributed by atoms with E-state index in [1.807, 2.05) is 13.8 Å². The van der Waals surface area contributed by atoms with E-state index in [1.165, 1.54) is 17.4 Å². The summed E-state index contributed by atoms with van der Waals surface area (Å²) in [6.07, 6.45) is 6.34. The maximum absolute atomic E-state index is 14.9. The van der Waals surface area contributed by atoms with Gasteiger partial charge in [-0.3, -0.25) is 19.7 Å². The van der Waals surface area contributed by atoms with Gasteiger partial charge < -0.3 is 10.4 Å². The van der Waals surface area contributed by atoms with E-state index in [9.17, 15) is 29.2 Å². The van der Waals surface area contributed by atoms with Crippen molar-refractivity contribution in [2.75, 3.05) is 5.32 Å². The molecule has 1 amide bonds. The summed E-state index contributed by atoms with van der Waals surface area (Å²) in [6.45, 7) is 3.97. The Morgan fingerprint density at radius 3 is 2.89 bits per heavy atom. The van der Waals surface area contributed by atoms with E-state index < -0.39 is 27.6 Å². The number of aromatic nitrogens is 1. The standard InChI is InChI=1S/C26H30FN3O5S/c1-13-12-28-25(36-13)29-21(32)5-3-4-14-10-20(31)26(2)9-8-15-16(22(14)26)6-7-17-18(15)11-19(30(34)35)24(33)23(17)27/h11-12,14-16,22,33H,3-10H2,1-2H3,(H,28,29,32)/t14-,15?,16?,22?,26-/m1/s1. The van der Waals surface area contributed by atoms with E-state index in [1.54, 1.807) is 6.20 Å². The number of nitro benzene ring substituents is 1. The molecule has 1 heterocycles. The number of ketones is 1. The molecule has 0 saturated heterocycles. The molecule has 3 aliphatic carbocycles. The number of nitrogens with one attached hydrogen (secondary N) is 1. The van der Waals surface area contributed by atoms with Gasteiger partial charge in [-0.1, -0.05) is 6.92 Å². The maximum Gasteiger partial charge on any atom is 0.314 e. The van der Waals surface area contributed by atoms with Gasteiger partial charge in [0.05, 0.1) is 4.92 Å². The lowest BCUT2D eigenvalue weighted by Gasteiger charge is -2.49. The SMILES string of the molecule is Cc1cnc(NC(=O)CCC[C@@H]2CC(=O)[C@@]3(C)CCC4c5cc([N+](=O)[O-])c(O)c(F)c5CCC4C23)s1. The summed E-state index contributed by atoms with van der Waals surface area (Å²) >= 11 is 1.43. The van der Waals surface area contributed by atoms with Crippen LogP contribution in [0.25, 0.3) is 0 Å². The molecule has 2 saturated carbocycles. The molecule has 2 fully saturated rings. The number of nitrogens with zero attached hydrogens (tertiary/aromatic N) is 2. The number of amides is 1. The summed E-state index contributed by atoms with van der Waals surface area (Å²) in [4.78, 5) is 41.5. The van der Waals surface area contributed by atoms with Crippen molar-refractivity contribution in [3.8, 4) is 5.75 Å². The Bertz CT molecular complexity index is 1250. The normalized spacial score (nSPS) is 28.8. The summed E-state index contributed by atoms with van der Waals surface area (Å²) in [7, 11) is 0. The minimum atomic E-state index is -0.891. The number of hydrogen-bond donors (Lipinski definition) is 2. The van der Waals surface area contributed by atoms with Gasteiger partial charge in [0.15, 0.2) is 10.9 Å². The highest BCUT2D eigenvalue weighted by molar-refractivity contribution is 7.15. The van der Waals surface area contributed by atoms with Crippen molar-refractivity contribution in [2.45, 2.75) is 71.1 Å². The summed E-state index contributed by atoms with van der Waals surface area (Å²) in [5, 5.41) is 24.9. The predicted octanol–water partition coefficient (Wildman–Crippen LogP) is 5.66. The average molecular weight is 516 g/mol. The quantitative estimate of drug-likeness (QED) is 0.378. The second-order valence-corrected chi connectivity index (χ2v) is 12.0. The molecular formula is C26H30FN3O5S. The van der Waals surface area contributed by atoms with Crippen molar-refractivity contribution >= 4 is 33.8 Å². The monoisotopic (exact) mass is 515 g/mol. The number of Topliss-reactive ketones (excluding diaryl/α,β-unsaturated/α-hetero) is 1. The molecule has 8 nitrogen and oxygen atoms in total. The zero-order chi connectivity index (χ0) is 25.8. The molecule has 3 aliphatic rings. The molecule has 192 valence electrons. The smallest absolute Gasteiger partial charge is 0.314 e. The second-order valence-electron chi connectivity index (χ2n) is 10.8. The van der Waals surface area contributed by atoms with Crippen LogP contribution in [0, 0.1) is 46.0 Å². The highest BCUT2D eigenvalue weighted by atomic mass is 32.1. The van der Waals surface area contributed by atoms with Crippen molar-refractivity contribution in [3.63, 3.8) is 0 Å². The Labute approximate surface area is 212 Å². The molecule has 10 heteroatoms. The third-order valence-corrected chi connectivity index (χ3v) is 9.64.